The Bertz CT molecular complexity index is 434. The monoisotopic (exact) mass is 297 g/mol. The molecule has 0 saturated carbocycles. The second-order valence-electron chi connectivity index (χ2n) is 5.56. The fraction of sp³-hybridized carbons (Fsp3) is 0.562. The van der Waals surface area contributed by atoms with E-state index in [1.54, 1.807) is 12.1 Å². The van der Waals surface area contributed by atoms with Crippen LogP contribution in [0.5, 0.6) is 0 Å². The third kappa shape index (κ3) is 5.53. The zero-order chi connectivity index (χ0) is 15.1. The second-order valence-corrected chi connectivity index (χ2v) is 6.70. The molecule has 0 radical (unpaired) electrons. The number of carbonyl (C=O) groups excluding carboxylic acids is 1. The number of nitrogens with zero attached hydrogens (tertiary/aromatic N) is 1. The molecule has 0 N–H and O–H groups in total. The highest BCUT2D eigenvalue weighted by atomic mass is 32.2. The van der Waals surface area contributed by atoms with Crippen molar-refractivity contribution in [2.24, 2.45) is 5.92 Å². The van der Waals surface area contributed by atoms with E-state index in [2.05, 4.69) is 13.8 Å². The van der Waals surface area contributed by atoms with Crippen molar-refractivity contribution in [1.29, 1.82) is 0 Å². The Morgan fingerprint density at radius 2 is 1.90 bits per heavy atom. The molecule has 0 heterocycles. The summed E-state index contributed by atoms with van der Waals surface area (Å²) in [6.45, 7) is 9.06. The SMILES string of the molecule is CC(C)CN(C(=O)CCSc1ccccc1F)C(C)C. The van der Waals surface area contributed by atoms with Gasteiger partial charge in [-0.15, -0.1) is 11.8 Å². The van der Waals surface area contributed by atoms with Gasteiger partial charge < -0.3 is 4.90 Å². The lowest BCUT2D eigenvalue weighted by Gasteiger charge is -2.28. The largest absolute Gasteiger partial charge is 0.340 e. The van der Waals surface area contributed by atoms with E-state index in [9.17, 15) is 9.18 Å². The fourth-order valence-corrected chi connectivity index (χ4v) is 2.83. The first kappa shape index (κ1) is 17.0. The molecule has 0 saturated heterocycles. The first-order valence-electron chi connectivity index (χ1n) is 7.08. The van der Waals surface area contributed by atoms with Crippen LogP contribution >= 0.6 is 11.8 Å². The third-order valence-corrected chi connectivity index (χ3v) is 3.97. The van der Waals surface area contributed by atoms with Gasteiger partial charge in [0.1, 0.15) is 5.82 Å². The Kier molecular flexibility index (Phi) is 7.06. The van der Waals surface area contributed by atoms with Crippen LogP contribution in [0.2, 0.25) is 0 Å². The highest BCUT2D eigenvalue weighted by molar-refractivity contribution is 7.99. The molecule has 0 unspecified atom stereocenters. The smallest absolute Gasteiger partial charge is 0.223 e. The van der Waals surface area contributed by atoms with Crippen molar-refractivity contribution in [3.8, 4) is 0 Å². The van der Waals surface area contributed by atoms with Crippen molar-refractivity contribution in [1.82, 2.24) is 4.90 Å². The number of rotatable bonds is 7. The number of thioether (sulfide) groups is 1. The molecule has 0 spiro atoms. The topological polar surface area (TPSA) is 20.3 Å². The molecule has 20 heavy (non-hydrogen) atoms. The lowest BCUT2D eigenvalue weighted by atomic mass is 10.1. The zero-order valence-corrected chi connectivity index (χ0v) is 13.5. The molecule has 1 aromatic carbocycles. The molecule has 1 rings (SSSR count). The maximum absolute atomic E-state index is 13.5. The van der Waals surface area contributed by atoms with Crippen LogP contribution in [0, 0.1) is 11.7 Å². The Hall–Kier alpha value is -1.03. The van der Waals surface area contributed by atoms with Gasteiger partial charge in [-0.3, -0.25) is 4.79 Å². The van der Waals surface area contributed by atoms with Gasteiger partial charge in [-0.25, -0.2) is 4.39 Å². The van der Waals surface area contributed by atoms with E-state index in [4.69, 9.17) is 0 Å². The van der Waals surface area contributed by atoms with Crippen LogP contribution < -0.4 is 0 Å². The number of halogens is 1. The van der Waals surface area contributed by atoms with Crippen LogP contribution in [-0.4, -0.2) is 29.1 Å². The summed E-state index contributed by atoms with van der Waals surface area (Å²) in [7, 11) is 0. The first-order chi connectivity index (χ1) is 9.41. The summed E-state index contributed by atoms with van der Waals surface area (Å²) in [5.41, 5.74) is 0. The van der Waals surface area contributed by atoms with Crippen LogP contribution in [0.4, 0.5) is 4.39 Å². The lowest BCUT2D eigenvalue weighted by Crippen LogP contribution is -2.39. The van der Waals surface area contributed by atoms with E-state index < -0.39 is 0 Å². The minimum absolute atomic E-state index is 0.150. The molecular formula is C16H24FNOS. The van der Waals surface area contributed by atoms with Crippen molar-refractivity contribution in [2.75, 3.05) is 12.3 Å². The molecule has 1 aromatic rings. The molecule has 0 atom stereocenters. The Morgan fingerprint density at radius 3 is 2.45 bits per heavy atom. The quantitative estimate of drug-likeness (QED) is 0.703. The highest BCUT2D eigenvalue weighted by Gasteiger charge is 2.17. The molecule has 0 aliphatic heterocycles. The van der Waals surface area contributed by atoms with Gasteiger partial charge in [-0.1, -0.05) is 26.0 Å². The van der Waals surface area contributed by atoms with Crippen molar-refractivity contribution in [3.05, 3.63) is 30.1 Å². The normalized spacial score (nSPS) is 11.2. The van der Waals surface area contributed by atoms with Gasteiger partial charge in [0.2, 0.25) is 5.91 Å². The molecule has 2 nitrogen and oxygen atoms in total. The Labute approximate surface area is 125 Å². The van der Waals surface area contributed by atoms with Gasteiger partial charge >= 0.3 is 0 Å². The van der Waals surface area contributed by atoms with E-state index in [0.29, 0.717) is 23.0 Å². The summed E-state index contributed by atoms with van der Waals surface area (Å²) in [4.78, 5) is 14.7. The van der Waals surface area contributed by atoms with Crippen LogP contribution in [0.1, 0.15) is 34.1 Å². The lowest BCUT2D eigenvalue weighted by molar-refractivity contribution is -0.133. The van der Waals surface area contributed by atoms with Crippen molar-refractivity contribution < 1.29 is 9.18 Å². The molecule has 1 amide bonds. The highest BCUT2D eigenvalue weighted by Crippen LogP contribution is 2.22. The summed E-state index contributed by atoms with van der Waals surface area (Å²) in [6, 6.07) is 6.89. The summed E-state index contributed by atoms with van der Waals surface area (Å²) in [6.07, 6.45) is 0.448. The van der Waals surface area contributed by atoms with Gasteiger partial charge in [0.25, 0.3) is 0 Å². The van der Waals surface area contributed by atoms with E-state index in [1.807, 2.05) is 24.8 Å². The molecule has 4 heteroatoms. The summed E-state index contributed by atoms with van der Waals surface area (Å²) in [5, 5.41) is 0. The molecule has 0 aliphatic rings. The van der Waals surface area contributed by atoms with E-state index >= 15 is 0 Å². The maximum Gasteiger partial charge on any atom is 0.223 e. The molecule has 0 fully saturated rings. The summed E-state index contributed by atoms with van der Waals surface area (Å²) < 4.78 is 13.5. The van der Waals surface area contributed by atoms with Gasteiger partial charge in [0.05, 0.1) is 0 Å². The number of hydrogen-bond donors (Lipinski definition) is 0. The predicted octanol–water partition coefficient (Wildman–Crippen LogP) is 4.20. The van der Waals surface area contributed by atoms with Gasteiger partial charge in [0, 0.05) is 29.7 Å². The molecule has 112 valence electrons. The van der Waals surface area contributed by atoms with E-state index in [0.717, 1.165) is 6.54 Å². The summed E-state index contributed by atoms with van der Waals surface area (Å²) in [5.74, 6) is 1.01. The third-order valence-electron chi connectivity index (χ3n) is 2.92. The molecular weight excluding hydrogens is 273 g/mol. The van der Waals surface area contributed by atoms with Crippen LogP contribution in [0.25, 0.3) is 0 Å². The van der Waals surface area contributed by atoms with E-state index in [-0.39, 0.29) is 17.8 Å². The van der Waals surface area contributed by atoms with Gasteiger partial charge in [-0.05, 0) is 31.9 Å². The first-order valence-corrected chi connectivity index (χ1v) is 8.07. The fourth-order valence-electron chi connectivity index (χ4n) is 1.95. The molecule has 0 aromatic heterocycles. The van der Waals surface area contributed by atoms with Crippen molar-refractivity contribution in [2.45, 2.75) is 45.1 Å². The minimum atomic E-state index is -0.215. The average molecular weight is 297 g/mol. The van der Waals surface area contributed by atoms with Crippen molar-refractivity contribution >= 4 is 17.7 Å². The number of benzene rings is 1. The minimum Gasteiger partial charge on any atom is -0.340 e. The number of hydrogen-bond acceptors (Lipinski definition) is 2. The number of carbonyl (C=O) groups is 1. The van der Waals surface area contributed by atoms with Gasteiger partial charge in [0.15, 0.2) is 0 Å². The zero-order valence-electron chi connectivity index (χ0n) is 12.7. The van der Waals surface area contributed by atoms with Gasteiger partial charge in [-0.2, -0.15) is 0 Å². The standard InChI is InChI=1S/C16H24FNOS/c1-12(2)11-18(13(3)4)16(19)9-10-20-15-8-6-5-7-14(15)17/h5-8,12-13H,9-11H2,1-4H3. The Morgan fingerprint density at radius 1 is 1.25 bits per heavy atom. The molecule has 0 bridgehead atoms. The predicted molar refractivity (Wildman–Crippen MR) is 83.4 cm³/mol. The maximum atomic E-state index is 13.5. The summed E-state index contributed by atoms with van der Waals surface area (Å²) >= 11 is 1.40. The molecule has 0 aliphatic carbocycles. The van der Waals surface area contributed by atoms with E-state index in [1.165, 1.54) is 17.8 Å². The average Bonchev–Trinajstić information content (AvgIpc) is 2.37. The Balaban J connectivity index is 2.47. The second kappa shape index (κ2) is 8.30. The van der Waals surface area contributed by atoms with Crippen LogP contribution in [-0.2, 0) is 4.79 Å². The van der Waals surface area contributed by atoms with Crippen LogP contribution in [0.15, 0.2) is 29.2 Å². The number of amides is 1. The van der Waals surface area contributed by atoms with Crippen molar-refractivity contribution in [3.63, 3.8) is 0 Å². The van der Waals surface area contributed by atoms with Crippen LogP contribution in [0.3, 0.4) is 0 Å².